The number of carbonyl (C=O) groups excluding carboxylic acids is 1. The Labute approximate surface area is 108 Å². The number of rotatable bonds is 4. The van der Waals surface area contributed by atoms with Crippen molar-refractivity contribution < 1.29 is 9.53 Å². The molecule has 1 rings (SSSR count). The number of allylic oxidation sites excluding steroid dienone is 2. The van der Waals surface area contributed by atoms with Crippen LogP contribution in [0, 0.1) is 0 Å². The van der Waals surface area contributed by atoms with Crippen molar-refractivity contribution in [3.8, 4) is 0 Å². The molecule has 0 spiro atoms. The van der Waals surface area contributed by atoms with Crippen LogP contribution in [0.1, 0.15) is 20.3 Å². The second kappa shape index (κ2) is 7.25. The number of methoxy groups -OCH3 is 1. The van der Waals surface area contributed by atoms with Crippen LogP contribution in [-0.4, -0.2) is 18.9 Å². The summed E-state index contributed by atoms with van der Waals surface area (Å²) in [5.74, 6) is 2.53. The number of ether oxygens (including phenoxy) is 1. The molecule has 3 heteroatoms. The summed E-state index contributed by atoms with van der Waals surface area (Å²) in [6.45, 7) is 3.77. The van der Waals surface area contributed by atoms with Gasteiger partial charge in [-0.25, -0.2) is 9.79 Å². The zero-order valence-corrected chi connectivity index (χ0v) is 10.9. The minimum Gasteiger partial charge on any atom is -0.466 e. The minimum atomic E-state index is -0.298. The first kappa shape index (κ1) is 13.9. The van der Waals surface area contributed by atoms with Gasteiger partial charge in [0.05, 0.1) is 12.8 Å². The van der Waals surface area contributed by atoms with Gasteiger partial charge in [0, 0.05) is 12.0 Å². The molecule has 0 aliphatic heterocycles. The summed E-state index contributed by atoms with van der Waals surface area (Å²) in [4.78, 5) is 15.6. The van der Waals surface area contributed by atoms with E-state index in [0.717, 1.165) is 11.3 Å². The Morgan fingerprint density at radius 2 is 2.00 bits per heavy atom. The Balaban J connectivity index is 2.72. The molecule has 0 heterocycles. The fourth-order valence-corrected chi connectivity index (χ4v) is 1.39. The third kappa shape index (κ3) is 4.40. The van der Waals surface area contributed by atoms with Crippen molar-refractivity contribution in [1.82, 2.24) is 0 Å². The second-order valence-corrected chi connectivity index (χ2v) is 3.95. The Morgan fingerprint density at radius 1 is 1.33 bits per heavy atom. The summed E-state index contributed by atoms with van der Waals surface area (Å²) in [5, 5.41) is 0. The van der Waals surface area contributed by atoms with E-state index >= 15 is 0 Å². The highest BCUT2D eigenvalue weighted by atomic mass is 16.5. The van der Waals surface area contributed by atoms with E-state index in [4.69, 9.17) is 4.74 Å². The molecule has 0 radical (unpaired) electrons. The molecule has 1 aromatic carbocycles. The van der Waals surface area contributed by atoms with Gasteiger partial charge in [0.2, 0.25) is 0 Å². The number of hydrogen-bond donors (Lipinski definition) is 0. The van der Waals surface area contributed by atoms with Crippen LogP contribution < -0.4 is 0 Å². The number of aliphatic imine (C=N–C) groups is 1. The van der Waals surface area contributed by atoms with E-state index in [1.54, 1.807) is 6.08 Å². The number of carbonyl (C=O) groups is 1. The Bertz CT molecular complexity index is 490. The smallest absolute Gasteiger partial charge is 0.333 e. The van der Waals surface area contributed by atoms with Gasteiger partial charge in [-0.3, -0.25) is 0 Å². The predicted molar refractivity (Wildman–Crippen MR) is 73.1 cm³/mol. The van der Waals surface area contributed by atoms with Gasteiger partial charge in [0.15, 0.2) is 0 Å². The first-order valence-corrected chi connectivity index (χ1v) is 5.72. The number of nitrogens with zero attached hydrogens (tertiary/aromatic N) is 1. The van der Waals surface area contributed by atoms with Gasteiger partial charge in [0.1, 0.15) is 0 Å². The van der Waals surface area contributed by atoms with Crippen LogP contribution >= 0.6 is 0 Å². The van der Waals surface area contributed by atoms with Crippen molar-refractivity contribution in [2.75, 3.05) is 7.11 Å². The average Bonchev–Trinajstić information content (AvgIpc) is 2.38. The van der Waals surface area contributed by atoms with E-state index in [1.807, 2.05) is 44.2 Å². The number of hydrogen-bond acceptors (Lipinski definition) is 3. The molecule has 0 atom stereocenters. The lowest BCUT2D eigenvalue weighted by atomic mass is 10.1. The van der Waals surface area contributed by atoms with Crippen LogP contribution in [0.5, 0.6) is 0 Å². The van der Waals surface area contributed by atoms with Crippen molar-refractivity contribution in [3.63, 3.8) is 0 Å². The third-order valence-electron chi connectivity index (χ3n) is 2.38. The number of para-hydroxylation sites is 1. The summed E-state index contributed by atoms with van der Waals surface area (Å²) in [7, 11) is 1.38. The van der Waals surface area contributed by atoms with E-state index in [1.165, 1.54) is 7.11 Å². The predicted octanol–water partition coefficient (Wildman–Crippen LogP) is 3.44. The lowest BCUT2D eigenvalue weighted by Gasteiger charge is -2.03. The highest BCUT2D eigenvalue weighted by Gasteiger charge is 2.08. The van der Waals surface area contributed by atoms with Crippen molar-refractivity contribution in [3.05, 3.63) is 47.6 Å². The third-order valence-corrected chi connectivity index (χ3v) is 2.38. The lowest BCUT2D eigenvalue weighted by molar-refractivity contribution is -0.136. The molecule has 0 saturated carbocycles. The van der Waals surface area contributed by atoms with Crippen LogP contribution in [0.4, 0.5) is 5.69 Å². The van der Waals surface area contributed by atoms with Crippen LogP contribution in [0.2, 0.25) is 0 Å². The monoisotopic (exact) mass is 243 g/mol. The van der Waals surface area contributed by atoms with E-state index in [0.29, 0.717) is 12.0 Å². The Kier molecular flexibility index (Phi) is 5.62. The molecule has 1 aromatic rings. The molecule has 0 amide bonds. The summed E-state index contributed by atoms with van der Waals surface area (Å²) >= 11 is 0. The number of esters is 1. The van der Waals surface area contributed by atoms with Gasteiger partial charge in [-0.05, 0) is 37.9 Å². The van der Waals surface area contributed by atoms with E-state index < -0.39 is 0 Å². The van der Waals surface area contributed by atoms with Crippen LogP contribution in [0.3, 0.4) is 0 Å². The van der Waals surface area contributed by atoms with Crippen LogP contribution in [0.25, 0.3) is 0 Å². The first-order valence-electron chi connectivity index (χ1n) is 5.72. The van der Waals surface area contributed by atoms with Crippen LogP contribution in [0.15, 0.2) is 52.5 Å². The fraction of sp³-hybridized carbons (Fsp3) is 0.267. The minimum absolute atomic E-state index is 0.298. The Hall–Kier alpha value is -2.12. The zero-order chi connectivity index (χ0) is 13.4. The Morgan fingerprint density at radius 3 is 2.56 bits per heavy atom. The summed E-state index contributed by atoms with van der Waals surface area (Å²) in [6, 6.07) is 9.54. The summed E-state index contributed by atoms with van der Waals surface area (Å²) < 4.78 is 4.71. The molecule has 18 heavy (non-hydrogen) atoms. The molecule has 0 aromatic heterocycles. The normalized spacial score (nSPS) is 9.06. The van der Waals surface area contributed by atoms with Gasteiger partial charge in [0.25, 0.3) is 0 Å². The molecule has 3 nitrogen and oxygen atoms in total. The van der Waals surface area contributed by atoms with Crippen molar-refractivity contribution in [2.24, 2.45) is 4.99 Å². The first-order chi connectivity index (χ1) is 8.65. The van der Waals surface area contributed by atoms with Crippen molar-refractivity contribution in [2.45, 2.75) is 20.3 Å². The largest absolute Gasteiger partial charge is 0.466 e. The quantitative estimate of drug-likeness (QED) is 0.461. The standard InChI is InChI=1S/C15H17NO2/c1-12(2)14(15(17)18-3)10-7-11-16-13-8-5-4-6-9-13/h4-9H,10H2,1-3H3. The molecule has 94 valence electrons. The molecule has 0 saturated heterocycles. The second-order valence-electron chi connectivity index (χ2n) is 3.95. The molecule has 0 unspecified atom stereocenters. The molecule has 0 aliphatic rings. The molecule has 0 N–H and O–H groups in total. The topological polar surface area (TPSA) is 38.7 Å². The fourth-order valence-electron chi connectivity index (χ4n) is 1.39. The zero-order valence-electron chi connectivity index (χ0n) is 10.9. The summed E-state index contributed by atoms with van der Waals surface area (Å²) in [6.07, 6.45) is 2.21. The van der Waals surface area contributed by atoms with E-state index in [9.17, 15) is 4.79 Å². The lowest BCUT2D eigenvalue weighted by Crippen LogP contribution is -2.05. The van der Waals surface area contributed by atoms with E-state index in [-0.39, 0.29) is 5.97 Å². The molecular weight excluding hydrogens is 226 g/mol. The van der Waals surface area contributed by atoms with Crippen molar-refractivity contribution in [1.29, 1.82) is 0 Å². The van der Waals surface area contributed by atoms with Gasteiger partial charge < -0.3 is 4.74 Å². The highest BCUT2D eigenvalue weighted by molar-refractivity contribution is 5.89. The van der Waals surface area contributed by atoms with Gasteiger partial charge in [-0.2, -0.15) is 0 Å². The highest BCUT2D eigenvalue weighted by Crippen LogP contribution is 2.11. The maximum atomic E-state index is 11.5. The average molecular weight is 243 g/mol. The van der Waals surface area contributed by atoms with Crippen molar-refractivity contribution >= 4 is 17.5 Å². The van der Waals surface area contributed by atoms with Gasteiger partial charge in [-0.1, -0.05) is 23.8 Å². The van der Waals surface area contributed by atoms with Gasteiger partial charge >= 0.3 is 5.97 Å². The summed E-state index contributed by atoms with van der Waals surface area (Å²) in [5.41, 5.74) is 2.43. The maximum absolute atomic E-state index is 11.5. The van der Waals surface area contributed by atoms with Crippen LogP contribution in [-0.2, 0) is 9.53 Å². The molecule has 0 fully saturated rings. The SMILES string of the molecule is COC(=O)C(CC=C=Nc1ccccc1)=C(C)C. The maximum Gasteiger partial charge on any atom is 0.333 e. The molecule has 0 aliphatic carbocycles. The molecular formula is C15H17NO2. The van der Waals surface area contributed by atoms with E-state index in [2.05, 4.69) is 10.9 Å². The molecule has 0 bridgehead atoms. The van der Waals surface area contributed by atoms with Gasteiger partial charge in [-0.15, -0.1) is 0 Å². The number of benzene rings is 1.